The molecule has 2 aliphatic rings. The SMILES string of the molecule is C[C@@H]1[C@H]2C(=O)C#CCC[C@@H]1C(=O)C[C@H]2c1ccccc1. The molecule has 3 rings (SSSR count). The first-order chi connectivity index (χ1) is 9.68. The van der Waals surface area contributed by atoms with E-state index in [0.29, 0.717) is 18.6 Å². The normalized spacial score (nSPS) is 32.9. The Labute approximate surface area is 119 Å². The van der Waals surface area contributed by atoms with Gasteiger partial charge in [0.05, 0.1) is 0 Å². The van der Waals surface area contributed by atoms with Gasteiger partial charge in [0, 0.05) is 30.6 Å². The average Bonchev–Trinajstić information content (AvgIpc) is 2.45. The summed E-state index contributed by atoms with van der Waals surface area (Å²) in [6.07, 6.45) is 1.95. The summed E-state index contributed by atoms with van der Waals surface area (Å²) in [7, 11) is 0. The van der Waals surface area contributed by atoms with Gasteiger partial charge in [-0.25, -0.2) is 0 Å². The quantitative estimate of drug-likeness (QED) is 0.578. The number of rotatable bonds is 1. The van der Waals surface area contributed by atoms with Crippen LogP contribution in [0.25, 0.3) is 0 Å². The van der Waals surface area contributed by atoms with Gasteiger partial charge in [0.15, 0.2) is 0 Å². The number of benzene rings is 1. The van der Waals surface area contributed by atoms with E-state index in [1.54, 1.807) is 0 Å². The molecule has 2 nitrogen and oxygen atoms in total. The molecule has 0 spiro atoms. The topological polar surface area (TPSA) is 34.1 Å². The molecule has 0 radical (unpaired) electrons. The van der Waals surface area contributed by atoms with Gasteiger partial charge in [0.25, 0.3) is 0 Å². The highest BCUT2D eigenvalue weighted by molar-refractivity contribution is 6.00. The molecule has 102 valence electrons. The molecule has 0 aliphatic heterocycles. The Morgan fingerprint density at radius 2 is 1.85 bits per heavy atom. The highest BCUT2D eigenvalue weighted by Gasteiger charge is 2.45. The number of fused-ring (bicyclic) bond motifs is 2. The number of carbonyl (C=O) groups excluding carboxylic acids is 2. The molecule has 1 fully saturated rings. The molecule has 2 heteroatoms. The summed E-state index contributed by atoms with van der Waals surface area (Å²) in [6, 6.07) is 9.93. The van der Waals surface area contributed by atoms with E-state index in [0.717, 1.165) is 12.0 Å². The Kier molecular flexibility index (Phi) is 3.44. The summed E-state index contributed by atoms with van der Waals surface area (Å²) in [5, 5.41) is 0. The summed E-state index contributed by atoms with van der Waals surface area (Å²) in [6.45, 7) is 2.05. The van der Waals surface area contributed by atoms with Crippen LogP contribution in [0.15, 0.2) is 30.3 Å². The third-order valence-corrected chi connectivity index (χ3v) is 4.79. The average molecular weight is 266 g/mol. The summed E-state index contributed by atoms with van der Waals surface area (Å²) in [5.41, 5.74) is 1.09. The van der Waals surface area contributed by atoms with Crippen molar-refractivity contribution in [3.63, 3.8) is 0 Å². The minimum absolute atomic E-state index is 0.00477. The Balaban J connectivity index is 2.04. The first-order valence-electron chi connectivity index (χ1n) is 7.29. The maximum atomic E-state index is 12.4. The fourth-order valence-electron chi connectivity index (χ4n) is 3.74. The van der Waals surface area contributed by atoms with Gasteiger partial charge in [-0.1, -0.05) is 43.2 Å². The van der Waals surface area contributed by atoms with Gasteiger partial charge in [0.2, 0.25) is 5.78 Å². The van der Waals surface area contributed by atoms with Gasteiger partial charge in [-0.15, -0.1) is 0 Å². The van der Waals surface area contributed by atoms with E-state index in [4.69, 9.17) is 0 Å². The number of ketones is 2. The molecule has 20 heavy (non-hydrogen) atoms. The van der Waals surface area contributed by atoms with Crippen LogP contribution in [0.5, 0.6) is 0 Å². The molecule has 1 saturated carbocycles. The summed E-state index contributed by atoms with van der Waals surface area (Å²) < 4.78 is 0. The molecule has 1 aromatic carbocycles. The van der Waals surface area contributed by atoms with Crippen molar-refractivity contribution < 1.29 is 9.59 Å². The number of hydrogen-bond acceptors (Lipinski definition) is 2. The van der Waals surface area contributed by atoms with E-state index in [9.17, 15) is 9.59 Å². The van der Waals surface area contributed by atoms with Gasteiger partial charge in [-0.2, -0.15) is 0 Å². The van der Waals surface area contributed by atoms with E-state index in [-0.39, 0.29) is 29.5 Å². The second kappa shape index (κ2) is 5.25. The van der Waals surface area contributed by atoms with E-state index < -0.39 is 0 Å². The maximum Gasteiger partial charge on any atom is 0.209 e. The van der Waals surface area contributed by atoms with E-state index >= 15 is 0 Å². The second-order valence-electron chi connectivity index (χ2n) is 5.88. The summed E-state index contributed by atoms with van der Waals surface area (Å²) in [5.74, 6) is 6.01. The highest BCUT2D eigenvalue weighted by Crippen LogP contribution is 2.44. The molecule has 0 aromatic heterocycles. The van der Waals surface area contributed by atoms with Gasteiger partial charge in [0.1, 0.15) is 5.78 Å². The largest absolute Gasteiger partial charge is 0.299 e. The molecule has 0 unspecified atom stereocenters. The van der Waals surface area contributed by atoms with Crippen LogP contribution >= 0.6 is 0 Å². The maximum absolute atomic E-state index is 12.4. The van der Waals surface area contributed by atoms with Gasteiger partial charge in [-0.05, 0) is 23.8 Å². The number of Topliss-reactive ketones (excluding diaryl/α,β-unsaturated/α-hetero) is 2. The molecular weight excluding hydrogens is 248 g/mol. The lowest BCUT2D eigenvalue weighted by Crippen LogP contribution is -2.42. The smallest absolute Gasteiger partial charge is 0.209 e. The number of hydrogen-bond donors (Lipinski definition) is 0. The van der Waals surface area contributed by atoms with Crippen LogP contribution in [0.3, 0.4) is 0 Å². The molecule has 0 amide bonds. The van der Waals surface area contributed by atoms with Crippen LogP contribution in [0.4, 0.5) is 0 Å². The zero-order chi connectivity index (χ0) is 14.1. The fourth-order valence-corrected chi connectivity index (χ4v) is 3.74. The molecular formula is C18H18O2. The third kappa shape index (κ3) is 2.18. The predicted octanol–water partition coefficient (Wildman–Crippen LogP) is 2.98. The van der Waals surface area contributed by atoms with Crippen LogP contribution in [0.1, 0.15) is 37.7 Å². The molecule has 2 bridgehead atoms. The van der Waals surface area contributed by atoms with Crippen LogP contribution in [-0.2, 0) is 9.59 Å². The van der Waals surface area contributed by atoms with E-state index in [1.165, 1.54) is 0 Å². The summed E-state index contributed by atoms with van der Waals surface area (Å²) in [4.78, 5) is 24.8. The fraction of sp³-hybridized carbons (Fsp3) is 0.444. The van der Waals surface area contributed by atoms with E-state index in [1.807, 2.05) is 37.3 Å². The van der Waals surface area contributed by atoms with Crippen molar-refractivity contribution in [3.05, 3.63) is 35.9 Å². The predicted molar refractivity (Wildman–Crippen MR) is 77.0 cm³/mol. The first-order valence-corrected chi connectivity index (χ1v) is 7.29. The van der Waals surface area contributed by atoms with Crippen LogP contribution < -0.4 is 0 Å². The van der Waals surface area contributed by atoms with Gasteiger partial charge in [-0.3, -0.25) is 9.59 Å². The molecule has 1 aromatic rings. The highest BCUT2D eigenvalue weighted by atomic mass is 16.1. The van der Waals surface area contributed by atoms with Crippen molar-refractivity contribution in [2.45, 2.75) is 32.1 Å². The lowest BCUT2D eigenvalue weighted by molar-refractivity contribution is -0.133. The van der Waals surface area contributed by atoms with Crippen LogP contribution in [-0.4, -0.2) is 11.6 Å². The van der Waals surface area contributed by atoms with Crippen molar-refractivity contribution in [2.75, 3.05) is 0 Å². The molecule has 0 N–H and O–H groups in total. The molecule has 0 heterocycles. The van der Waals surface area contributed by atoms with Crippen molar-refractivity contribution >= 4 is 11.6 Å². The number of carbonyl (C=O) groups is 2. The zero-order valence-electron chi connectivity index (χ0n) is 11.6. The second-order valence-corrected chi connectivity index (χ2v) is 5.88. The van der Waals surface area contributed by atoms with Crippen LogP contribution in [0.2, 0.25) is 0 Å². The molecule has 4 atom stereocenters. The lowest BCUT2D eigenvalue weighted by atomic mass is 9.62. The first kappa shape index (κ1) is 13.1. The van der Waals surface area contributed by atoms with Gasteiger partial charge >= 0.3 is 0 Å². The van der Waals surface area contributed by atoms with Crippen molar-refractivity contribution in [2.24, 2.45) is 17.8 Å². The molecule has 2 aliphatic carbocycles. The molecule has 0 saturated heterocycles. The van der Waals surface area contributed by atoms with Crippen LogP contribution in [0, 0.1) is 29.6 Å². The minimum atomic E-state index is -0.132. The Hall–Kier alpha value is -1.88. The Morgan fingerprint density at radius 1 is 1.10 bits per heavy atom. The Bertz CT molecular complexity index is 591. The Morgan fingerprint density at radius 3 is 2.60 bits per heavy atom. The van der Waals surface area contributed by atoms with Crippen molar-refractivity contribution in [1.29, 1.82) is 0 Å². The van der Waals surface area contributed by atoms with Crippen molar-refractivity contribution in [3.8, 4) is 11.8 Å². The lowest BCUT2D eigenvalue weighted by Gasteiger charge is -2.39. The van der Waals surface area contributed by atoms with E-state index in [2.05, 4.69) is 11.8 Å². The monoisotopic (exact) mass is 266 g/mol. The standard InChI is InChI=1S/C18H18O2/c1-12-14-9-5-6-10-16(19)18(12)15(11-17(14)20)13-7-3-2-4-8-13/h2-4,7-8,12,14-15,18H,5,9,11H2,1H3/t12-,14-,15-,18+/m0/s1. The third-order valence-electron chi connectivity index (χ3n) is 4.79. The van der Waals surface area contributed by atoms with Crippen molar-refractivity contribution in [1.82, 2.24) is 0 Å². The zero-order valence-corrected chi connectivity index (χ0v) is 11.6. The summed E-state index contributed by atoms with van der Waals surface area (Å²) >= 11 is 0. The van der Waals surface area contributed by atoms with Gasteiger partial charge < -0.3 is 0 Å². The minimum Gasteiger partial charge on any atom is -0.299 e.